The highest BCUT2D eigenvalue weighted by Crippen LogP contribution is 2.20. The number of pyridine rings is 1. The third-order valence-electron chi connectivity index (χ3n) is 2.35. The summed E-state index contributed by atoms with van der Waals surface area (Å²) in [6.07, 6.45) is 0. The van der Waals surface area contributed by atoms with Crippen molar-refractivity contribution in [1.29, 1.82) is 0 Å². The summed E-state index contributed by atoms with van der Waals surface area (Å²) in [6, 6.07) is 11.3. The first-order valence-electron chi connectivity index (χ1n) is 5.63. The lowest BCUT2D eigenvalue weighted by atomic mass is 10.3. The molecular formula is C13H11F2N3OS. The largest absolute Gasteiger partial charge is 0.435 e. The summed E-state index contributed by atoms with van der Waals surface area (Å²) >= 11 is 4.84. The molecule has 1 heterocycles. The van der Waals surface area contributed by atoms with E-state index in [1.54, 1.807) is 30.3 Å². The number of hydrogen-bond acceptors (Lipinski definition) is 4. The quantitative estimate of drug-likeness (QED) is 0.830. The highest BCUT2D eigenvalue weighted by molar-refractivity contribution is 7.80. The number of thiocarbonyl (C=S) groups is 1. The van der Waals surface area contributed by atoms with Crippen LogP contribution < -0.4 is 15.8 Å². The molecule has 0 fully saturated rings. The van der Waals surface area contributed by atoms with Crippen LogP contribution in [-0.4, -0.2) is 16.6 Å². The molecule has 20 heavy (non-hydrogen) atoms. The van der Waals surface area contributed by atoms with Crippen molar-refractivity contribution in [2.75, 3.05) is 5.32 Å². The number of nitrogens with zero attached hydrogens (tertiary/aromatic N) is 1. The molecule has 0 saturated heterocycles. The number of hydrogen-bond donors (Lipinski definition) is 2. The fourth-order valence-electron chi connectivity index (χ4n) is 1.51. The van der Waals surface area contributed by atoms with E-state index in [2.05, 4.69) is 15.0 Å². The molecule has 0 radical (unpaired) electrons. The van der Waals surface area contributed by atoms with Crippen LogP contribution in [0.4, 0.5) is 20.3 Å². The van der Waals surface area contributed by atoms with Gasteiger partial charge in [0.05, 0.1) is 5.69 Å². The summed E-state index contributed by atoms with van der Waals surface area (Å²) in [6.45, 7) is -2.84. The standard InChI is InChI=1S/C13H11F2N3OS/c14-13(15)19-9-6-4-8(5-7-9)17-11-3-1-2-10(18-11)12(16)20/h1-7,13H,(H2,16,20)(H,17,18). The molecule has 2 aromatic rings. The van der Waals surface area contributed by atoms with Crippen LogP contribution in [0.5, 0.6) is 5.75 Å². The highest BCUT2D eigenvalue weighted by atomic mass is 32.1. The predicted octanol–water partition coefficient (Wildman–Crippen LogP) is 3.06. The molecule has 0 unspecified atom stereocenters. The van der Waals surface area contributed by atoms with Gasteiger partial charge in [0.25, 0.3) is 0 Å². The Labute approximate surface area is 119 Å². The summed E-state index contributed by atoms with van der Waals surface area (Å²) < 4.78 is 28.3. The van der Waals surface area contributed by atoms with Crippen LogP contribution in [0, 0.1) is 0 Å². The minimum Gasteiger partial charge on any atom is -0.435 e. The second kappa shape index (κ2) is 6.25. The monoisotopic (exact) mass is 295 g/mol. The van der Waals surface area contributed by atoms with Crippen LogP contribution >= 0.6 is 12.2 Å². The summed E-state index contributed by atoms with van der Waals surface area (Å²) in [5.41, 5.74) is 6.68. The molecular weight excluding hydrogens is 284 g/mol. The Balaban J connectivity index is 2.10. The minimum atomic E-state index is -2.84. The van der Waals surface area contributed by atoms with E-state index in [4.69, 9.17) is 18.0 Å². The van der Waals surface area contributed by atoms with Gasteiger partial charge in [-0.2, -0.15) is 8.78 Å². The highest BCUT2D eigenvalue weighted by Gasteiger charge is 2.04. The fourth-order valence-corrected chi connectivity index (χ4v) is 1.62. The first kappa shape index (κ1) is 14.1. The van der Waals surface area contributed by atoms with Crippen LogP contribution in [0.1, 0.15) is 5.69 Å². The van der Waals surface area contributed by atoms with Gasteiger partial charge in [-0.1, -0.05) is 18.3 Å². The van der Waals surface area contributed by atoms with E-state index in [1.165, 1.54) is 12.1 Å². The SMILES string of the molecule is NC(=S)c1cccc(Nc2ccc(OC(F)F)cc2)n1. The summed E-state index contributed by atoms with van der Waals surface area (Å²) in [7, 11) is 0. The smallest absolute Gasteiger partial charge is 0.387 e. The molecule has 0 aliphatic carbocycles. The summed E-state index contributed by atoms with van der Waals surface area (Å²) in [5.74, 6) is 0.647. The maximum absolute atomic E-state index is 12.0. The van der Waals surface area contributed by atoms with Crippen molar-refractivity contribution in [2.45, 2.75) is 6.61 Å². The molecule has 2 rings (SSSR count). The van der Waals surface area contributed by atoms with Gasteiger partial charge in [-0.15, -0.1) is 0 Å². The fraction of sp³-hybridized carbons (Fsp3) is 0.0769. The van der Waals surface area contributed by atoms with Gasteiger partial charge in [0, 0.05) is 5.69 Å². The Morgan fingerprint density at radius 1 is 1.20 bits per heavy atom. The van der Waals surface area contributed by atoms with Crippen molar-refractivity contribution in [3.63, 3.8) is 0 Å². The van der Waals surface area contributed by atoms with Crippen LogP contribution in [0.25, 0.3) is 0 Å². The second-order valence-electron chi connectivity index (χ2n) is 3.80. The van der Waals surface area contributed by atoms with E-state index in [9.17, 15) is 8.78 Å². The number of benzene rings is 1. The number of aromatic nitrogens is 1. The van der Waals surface area contributed by atoms with E-state index < -0.39 is 6.61 Å². The Hall–Kier alpha value is -2.28. The van der Waals surface area contributed by atoms with Crippen LogP contribution in [0.2, 0.25) is 0 Å². The average Bonchev–Trinajstić information content (AvgIpc) is 2.41. The molecule has 0 bridgehead atoms. The van der Waals surface area contributed by atoms with Gasteiger partial charge < -0.3 is 15.8 Å². The van der Waals surface area contributed by atoms with E-state index in [-0.39, 0.29) is 10.7 Å². The average molecular weight is 295 g/mol. The Morgan fingerprint density at radius 2 is 1.90 bits per heavy atom. The zero-order valence-corrected chi connectivity index (χ0v) is 11.0. The van der Waals surface area contributed by atoms with Gasteiger partial charge in [-0.05, 0) is 36.4 Å². The van der Waals surface area contributed by atoms with Gasteiger partial charge in [0.2, 0.25) is 0 Å². The number of ether oxygens (including phenoxy) is 1. The molecule has 1 aromatic heterocycles. The number of halogens is 2. The summed E-state index contributed by atoms with van der Waals surface area (Å²) in [5, 5.41) is 3.01. The van der Waals surface area contributed by atoms with E-state index in [1.807, 2.05) is 0 Å². The molecule has 0 aliphatic rings. The van der Waals surface area contributed by atoms with Crippen molar-refractivity contribution in [1.82, 2.24) is 4.98 Å². The maximum Gasteiger partial charge on any atom is 0.387 e. The lowest BCUT2D eigenvalue weighted by molar-refractivity contribution is -0.0498. The molecule has 7 heteroatoms. The zero-order chi connectivity index (χ0) is 14.5. The van der Waals surface area contributed by atoms with Crippen molar-refractivity contribution in [2.24, 2.45) is 5.73 Å². The molecule has 0 amide bonds. The third kappa shape index (κ3) is 3.86. The van der Waals surface area contributed by atoms with Gasteiger partial charge in [0.15, 0.2) is 0 Å². The molecule has 1 aromatic carbocycles. The van der Waals surface area contributed by atoms with E-state index in [0.717, 1.165) is 0 Å². The number of nitrogens with one attached hydrogen (secondary N) is 1. The Bertz CT molecular complexity index is 605. The predicted molar refractivity (Wildman–Crippen MR) is 76.5 cm³/mol. The number of anilines is 2. The van der Waals surface area contributed by atoms with Crippen molar-refractivity contribution in [3.05, 3.63) is 48.2 Å². The molecule has 3 N–H and O–H groups in total. The summed E-state index contributed by atoms with van der Waals surface area (Å²) in [4.78, 5) is 4.41. The van der Waals surface area contributed by atoms with Crippen LogP contribution in [-0.2, 0) is 0 Å². The van der Waals surface area contributed by atoms with Gasteiger partial charge in [0.1, 0.15) is 16.6 Å². The Kier molecular flexibility index (Phi) is 4.41. The maximum atomic E-state index is 12.0. The Morgan fingerprint density at radius 3 is 2.50 bits per heavy atom. The zero-order valence-electron chi connectivity index (χ0n) is 10.2. The minimum absolute atomic E-state index is 0.0930. The molecule has 0 spiro atoms. The molecule has 4 nitrogen and oxygen atoms in total. The van der Waals surface area contributed by atoms with Crippen molar-refractivity contribution >= 4 is 28.7 Å². The van der Waals surface area contributed by atoms with Gasteiger partial charge in [-0.3, -0.25) is 0 Å². The first-order valence-corrected chi connectivity index (χ1v) is 6.04. The first-order chi connectivity index (χ1) is 9.54. The van der Waals surface area contributed by atoms with Crippen LogP contribution in [0.15, 0.2) is 42.5 Å². The lowest BCUT2D eigenvalue weighted by Crippen LogP contribution is -2.12. The molecule has 0 aliphatic heterocycles. The van der Waals surface area contributed by atoms with Gasteiger partial charge >= 0.3 is 6.61 Å². The number of rotatable bonds is 5. The van der Waals surface area contributed by atoms with E-state index in [0.29, 0.717) is 17.2 Å². The second-order valence-corrected chi connectivity index (χ2v) is 4.24. The normalized spacial score (nSPS) is 10.3. The molecule has 0 saturated carbocycles. The topological polar surface area (TPSA) is 60.2 Å². The molecule has 104 valence electrons. The number of nitrogens with two attached hydrogens (primary N) is 1. The third-order valence-corrected chi connectivity index (χ3v) is 2.56. The van der Waals surface area contributed by atoms with E-state index >= 15 is 0 Å². The number of alkyl halides is 2. The van der Waals surface area contributed by atoms with Crippen molar-refractivity contribution < 1.29 is 13.5 Å². The molecule has 0 atom stereocenters. The lowest BCUT2D eigenvalue weighted by Gasteiger charge is -2.08. The van der Waals surface area contributed by atoms with Crippen molar-refractivity contribution in [3.8, 4) is 5.75 Å². The van der Waals surface area contributed by atoms with Gasteiger partial charge in [-0.25, -0.2) is 4.98 Å². The van der Waals surface area contributed by atoms with Crippen LogP contribution in [0.3, 0.4) is 0 Å².